The number of carbonyl (C=O) groups is 4. The number of aryl methyl sites for hydroxylation is 1. The number of para-hydroxylation sites is 1. The van der Waals surface area contributed by atoms with Crippen molar-refractivity contribution >= 4 is 89.3 Å². The van der Waals surface area contributed by atoms with Crippen molar-refractivity contribution in [2.45, 2.75) is 104 Å². The zero-order valence-electron chi connectivity index (χ0n) is 40.9. The van der Waals surface area contributed by atoms with E-state index in [1.165, 1.54) is 16.2 Å². The van der Waals surface area contributed by atoms with Gasteiger partial charge < -0.3 is 40.2 Å². The van der Waals surface area contributed by atoms with Crippen molar-refractivity contribution in [1.29, 1.82) is 0 Å². The first kappa shape index (κ1) is 55.4. The topological polar surface area (TPSA) is 196 Å². The molecule has 0 aliphatic carbocycles. The summed E-state index contributed by atoms with van der Waals surface area (Å²) in [6, 6.07) is 27.5. The van der Waals surface area contributed by atoms with Crippen LogP contribution in [0, 0.1) is 5.92 Å². The molecule has 3 heterocycles. The van der Waals surface area contributed by atoms with Crippen molar-refractivity contribution in [2.24, 2.45) is 5.92 Å². The number of amides is 4. The number of aromatic hydroxyl groups is 1. The van der Waals surface area contributed by atoms with Crippen LogP contribution in [-0.4, -0.2) is 80.2 Å². The fraction of sp³-hybridized carbons (Fsp3) is 0.333. The number of aliphatic hydroxyl groups excluding tert-OH is 1. The van der Waals surface area contributed by atoms with Crippen LogP contribution in [0.15, 0.2) is 128 Å². The first-order valence-corrected chi connectivity index (χ1v) is 26.9. The van der Waals surface area contributed by atoms with Gasteiger partial charge in [0.25, 0.3) is 0 Å². The number of alkyl carbamates (subject to hydrolysis) is 1. The highest BCUT2D eigenvalue weighted by Gasteiger charge is 2.31. The smallest absolute Gasteiger partial charge is 0.407 e. The number of nitrogens with one attached hydrogen (secondary N) is 3. The Balaban J connectivity index is 0.000000318. The molecule has 0 unspecified atom stereocenters. The Morgan fingerprint density at radius 2 is 1.49 bits per heavy atom. The second-order valence-electron chi connectivity index (χ2n) is 17.9. The second kappa shape index (κ2) is 26.7. The highest BCUT2D eigenvalue weighted by Crippen LogP contribution is 2.36. The maximum atomic E-state index is 13.9. The molecule has 0 aliphatic heterocycles. The summed E-state index contributed by atoms with van der Waals surface area (Å²) < 4.78 is 12.1. The summed E-state index contributed by atoms with van der Waals surface area (Å²) >= 11 is 9.47. The Kier molecular flexibility index (Phi) is 20.5. The molecule has 380 valence electrons. The molecule has 72 heavy (non-hydrogen) atoms. The minimum atomic E-state index is -1.05. The third-order valence-corrected chi connectivity index (χ3v) is 14.8. The van der Waals surface area contributed by atoms with Crippen molar-refractivity contribution in [3.05, 3.63) is 167 Å². The number of furan rings is 1. The zero-order valence-corrected chi connectivity index (χ0v) is 45.7. The second-order valence-corrected chi connectivity index (χ2v) is 21.5. The number of benzene rings is 4. The van der Waals surface area contributed by atoms with E-state index in [-0.39, 0.29) is 42.4 Å². The van der Waals surface area contributed by atoms with Gasteiger partial charge in [-0.25, -0.2) is 14.6 Å². The molecular weight excluding hydrogens is 1080 g/mol. The molecule has 7 rings (SSSR count). The van der Waals surface area contributed by atoms with Gasteiger partial charge >= 0.3 is 12.1 Å². The summed E-state index contributed by atoms with van der Waals surface area (Å²) in [5.74, 6) is 0.347. The lowest BCUT2D eigenvalue weighted by Crippen LogP contribution is -2.55. The first-order valence-electron chi connectivity index (χ1n) is 23.6. The van der Waals surface area contributed by atoms with Gasteiger partial charge in [-0.1, -0.05) is 113 Å². The number of hydrogen-bond acceptors (Lipinski definition) is 12. The first-order chi connectivity index (χ1) is 34.5. The summed E-state index contributed by atoms with van der Waals surface area (Å²) in [5.41, 5.74) is 6.13. The van der Waals surface area contributed by atoms with Crippen molar-refractivity contribution in [1.82, 2.24) is 30.8 Å². The highest BCUT2D eigenvalue weighted by atomic mass is 79.9. The summed E-state index contributed by atoms with van der Waals surface area (Å²) in [6.07, 6.45) is 1.47. The normalized spacial score (nSPS) is 12.9. The number of phenols is 1. The van der Waals surface area contributed by atoms with Crippen LogP contribution in [0.2, 0.25) is 0 Å². The molecule has 4 atom stereocenters. The minimum absolute atomic E-state index is 0.0671. The highest BCUT2D eigenvalue weighted by molar-refractivity contribution is 9.11. The van der Waals surface area contributed by atoms with Gasteiger partial charge in [-0.3, -0.25) is 14.6 Å². The van der Waals surface area contributed by atoms with Gasteiger partial charge in [0.15, 0.2) is 5.78 Å². The summed E-state index contributed by atoms with van der Waals surface area (Å²) in [4.78, 5) is 63.9. The number of aromatic nitrogens is 2. The number of halogens is 2. The number of carbonyl (C=O) groups excluding carboxylic acids is 4. The summed E-state index contributed by atoms with van der Waals surface area (Å²) in [7, 11) is 1.68. The maximum Gasteiger partial charge on any atom is 0.407 e. The molecule has 14 nitrogen and oxygen atoms in total. The van der Waals surface area contributed by atoms with E-state index in [0.717, 1.165) is 32.1 Å². The van der Waals surface area contributed by atoms with Crippen molar-refractivity contribution in [3.63, 3.8) is 0 Å². The standard InChI is InChI=1S/C37H48N6O5S2.C17H12Br2O3/c1-24(2)33(42-36(46)43(5)20-29-22-49-35(40-29)25(3)4)34(45)39-28(16-26-12-8-6-9-13-26)18-32(44)31(17-27-14-10-7-11-15-27)41-37(47)48-21-30-19-38-23-50-30;1-2-13-15(10-5-3-4-6-14(10)22-13)16(20)9-7-11(18)17(21)12(19)8-9/h6-15,19,22-25,28,31-33,44H,16-18,20-21H2,1-5H3,(H,39,45)(H,41,47)(H,42,46);3-8,21H,2H2,1H3/t28-,31-,32-,33-;/m0./s1. The van der Waals surface area contributed by atoms with Gasteiger partial charge in [-0.2, -0.15) is 0 Å². The van der Waals surface area contributed by atoms with E-state index in [4.69, 9.17) is 9.15 Å². The quantitative estimate of drug-likeness (QED) is 0.0458. The van der Waals surface area contributed by atoms with Gasteiger partial charge in [-0.05, 0) is 86.4 Å². The predicted molar refractivity (Wildman–Crippen MR) is 289 cm³/mol. The molecule has 0 radical (unpaired) electrons. The van der Waals surface area contributed by atoms with Gasteiger partial charge in [0.2, 0.25) is 5.91 Å². The molecule has 5 N–H and O–H groups in total. The van der Waals surface area contributed by atoms with Gasteiger partial charge in [-0.15, -0.1) is 22.7 Å². The molecule has 0 saturated heterocycles. The van der Waals surface area contributed by atoms with E-state index in [1.54, 1.807) is 42.2 Å². The van der Waals surface area contributed by atoms with Crippen molar-refractivity contribution < 1.29 is 38.5 Å². The molecule has 0 saturated carbocycles. The Bertz CT molecular complexity index is 2860. The number of fused-ring (bicyclic) bond motifs is 1. The molecule has 18 heteroatoms. The molecule has 0 fully saturated rings. The Morgan fingerprint density at radius 1 is 0.847 bits per heavy atom. The van der Waals surface area contributed by atoms with Gasteiger partial charge in [0.1, 0.15) is 29.7 Å². The fourth-order valence-electron chi connectivity index (χ4n) is 7.82. The van der Waals surface area contributed by atoms with Crippen LogP contribution in [-0.2, 0) is 41.9 Å². The zero-order chi connectivity index (χ0) is 51.9. The van der Waals surface area contributed by atoms with Crippen molar-refractivity contribution in [3.8, 4) is 5.75 Å². The molecule has 0 bridgehead atoms. The minimum Gasteiger partial charge on any atom is -0.506 e. The van der Waals surface area contributed by atoms with Crippen LogP contribution in [0.5, 0.6) is 5.75 Å². The Hall–Kier alpha value is -5.92. The summed E-state index contributed by atoms with van der Waals surface area (Å²) in [6.45, 7) is 10.2. The van der Waals surface area contributed by atoms with E-state index in [0.29, 0.717) is 63.1 Å². The van der Waals surface area contributed by atoms with Crippen molar-refractivity contribution in [2.75, 3.05) is 7.05 Å². The van der Waals surface area contributed by atoms with E-state index < -0.39 is 30.3 Å². The number of urea groups is 1. The fourth-order valence-corrected chi connectivity index (χ4v) is 10.3. The van der Waals surface area contributed by atoms with E-state index in [9.17, 15) is 29.4 Å². The molecule has 3 aromatic heterocycles. The largest absolute Gasteiger partial charge is 0.506 e. The molecule has 0 aliphatic rings. The van der Waals surface area contributed by atoms with Crippen LogP contribution >= 0.6 is 54.5 Å². The SMILES string of the molecule is CC(C)c1nc(CN(C)C(=O)N[C@H](C(=O)N[C@@H](Cc2ccccc2)C[C@H](O)[C@H](Cc2ccccc2)NC(=O)OCc2cncs2)C(C)C)cs1.CCc1oc2ccccc2c1C(=O)c1cc(Br)c(O)c(Br)c1. The summed E-state index contributed by atoms with van der Waals surface area (Å²) in [5, 5.41) is 34.1. The van der Waals surface area contributed by atoms with Gasteiger partial charge in [0, 0.05) is 48.0 Å². The van der Waals surface area contributed by atoms with Crippen LogP contribution in [0.4, 0.5) is 9.59 Å². The molecule has 4 amide bonds. The molecule has 0 spiro atoms. The third-order valence-electron chi connectivity index (χ3n) is 11.6. The van der Waals surface area contributed by atoms with E-state index in [1.807, 2.05) is 111 Å². The van der Waals surface area contributed by atoms with Crippen LogP contribution in [0.25, 0.3) is 11.0 Å². The average Bonchev–Trinajstić information content (AvgIpc) is 4.15. The number of ether oxygens (including phenoxy) is 1. The van der Waals surface area contributed by atoms with E-state index in [2.05, 4.69) is 71.6 Å². The number of aliphatic hydroxyl groups is 1. The number of hydrogen-bond donors (Lipinski definition) is 5. The molecular formula is C54H60Br2N6O8S2. The molecule has 4 aromatic carbocycles. The Labute approximate surface area is 444 Å². The van der Waals surface area contributed by atoms with Crippen LogP contribution in [0.1, 0.15) is 95.3 Å². The Morgan fingerprint density at radius 3 is 2.08 bits per heavy atom. The third kappa shape index (κ3) is 15.5. The number of ketones is 1. The lowest BCUT2D eigenvalue weighted by Gasteiger charge is -2.30. The molecule has 7 aromatic rings. The number of thiazole rings is 2. The van der Waals surface area contributed by atoms with Gasteiger partial charge in [0.05, 0.1) is 54.3 Å². The number of rotatable bonds is 20. The van der Waals surface area contributed by atoms with E-state index >= 15 is 0 Å². The van der Waals surface area contributed by atoms with Crippen LogP contribution < -0.4 is 16.0 Å². The number of nitrogens with zero attached hydrogens (tertiary/aromatic N) is 3. The monoisotopic (exact) mass is 1140 g/mol. The predicted octanol–water partition coefficient (Wildman–Crippen LogP) is 11.4. The lowest BCUT2D eigenvalue weighted by molar-refractivity contribution is -0.124. The average molecular weight is 1150 g/mol. The number of phenolic OH excluding ortho intramolecular Hbond substituents is 1. The van der Waals surface area contributed by atoms with Crippen LogP contribution in [0.3, 0.4) is 0 Å². The maximum absolute atomic E-state index is 13.9. The lowest BCUT2D eigenvalue weighted by atomic mass is 9.93.